The molecular weight excluding hydrogens is 318 g/mol. The van der Waals surface area contributed by atoms with Crippen LogP contribution in [0.3, 0.4) is 0 Å². The van der Waals surface area contributed by atoms with Crippen molar-refractivity contribution in [3.05, 3.63) is 41.6 Å². The zero-order chi connectivity index (χ0) is 18.2. The van der Waals surface area contributed by atoms with Crippen molar-refractivity contribution in [1.82, 2.24) is 15.5 Å². The van der Waals surface area contributed by atoms with Gasteiger partial charge in [0, 0.05) is 25.0 Å². The van der Waals surface area contributed by atoms with Gasteiger partial charge in [-0.3, -0.25) is 0 Å². The van der Waals surface area contributed by atoms with Crippen LogP contribution in [0.25, 0.3) is 0 Å². The number of nitrogens with one attached hydrogen (secondary N) is 2. The number of hydrogen-bond acceptors (Lipinski definition) is 5. The minimum atomic E-state index is -0.180. The summed E-state index contributed by atoms with van der Waals surface area (Å²) in [4.78, 5) is 14.2. The van der Waals surface area contributed by atoms with E-state index in [1.54, 1.807) is 12.1 Å². The molecule has 0 saturated heterocycles. The number of benzene rings is 1. The van der Waals surface area contributed by atoms with Crippen LogP contribution in [0.5, 0.6) is 5.75 Å². The number of phenols is 1. The van der Waals surface area contributed by atoms with Crippen molar-refractivity contribution in [2.75, 3.05) is 27.2 Å². The molecule has 1 aliphatic rings. The Bertz CT molecular complexity index is 625. The number of urea groups is 1. The standard InChI is InChI=1S/C18H27N5O2/c1-13(10-15-8-9-20-22-15)21-18(25)19-12-16(23(2)3)11-14-4-6-17(24)7-5-14/h4-8,13,16,24H,9-12H2,1-3H3,(H2,19,21,25)/t13-,16-/m0/s1. The maximum absolute atomic E-state index is 12.1. The molecule has 0 aromatic heterocycles. The quantitative estimate of drug-likeness (QED) is 0.675. The number of rotatable bonds is 8. The van der Waals surface area contributed by atoms with Crippen LogP contribution in [0.1, 0.15) is 18.9 Å². The Balaban J connectivity index is 1.78. The molecule has 1 aromatic rings. The van der Waals surface area contributed by atoms with E-state index in [0.717, 1.165) is 17.7 Å². The summed E-state index contributed by atoms with van der Waals surface area (Å²) in [5.74, 6) is 0.258. The zero-order valence-electron chi connectivity index (χ0n) is 15.1. The number of carbonyl (C=O) groups is 1. The number of nitrogens with zero attached hydrogens (tertiary/aromatic N) is 3. The van der Waals surface area contributed by atoms with Crippen molar-refractivity contribution in [3.8, 4) is 5.75 Å². The van der Waals surface area contributed by atoms with Crippen molar-refractivity contribution in [2.24, 2.45) is 10.2 Å². The number of amides is 2. The number of hydrogen-bond donors (Lipinski definition) is 3. The van der Waals surface area contributed by atoms with Gasteiger partial charge in [-0.1, -0.05) is 12.1 Å². The van der Waals surface area contributed by atoms with Crippen molar-refractivity contribution in [2.45, 2.75) is 31.8 Å². The van der Waals surface area contributed by atoms with E-state index in [1.165, 1.54) is 0 Å². The van der Waals surface area contributed by atoms with Gasteiger partial charge in [0.2, 0.25) is 0 Å². The molecule has 136 valence electrons. The molecule has 3 N–H and O–H groups in total. The summed E-state index contributed by atoms with van der Waals surface area (Å²) in [5, 5.41) is 23.2. The van der Waals surface area contributed by atoms with Gasteiger partial charge in [0.15, 0.2) is 0 Å². The molecule has 0 saturated carbocycles. The first kappa shape index (κ1) is 18.9. The Labute approximate surface area is 148 Å². The van der Waals surface area contributed by atoms with E-state index >= 15 is 0 Å². The molecule has 2 amide bonds. The van der Waals surface area contributed by atoms with E-state index in [9.17, 15) is 9.90 Å². The molecule has 0 fully saturated rings. The van der Waals surface area contributed by atoms with Crippen LogP contribution in [0.2, 0.25) is 0 Å². The monoisotopic (exact) mass is 345 g/mol. The lowest BCUT2D eigenvalue weighted by atomic mass is 10.0. The van der Waals surface area contributed by atoms with Crippen molar-refractivity contribution in [3.63, 3.8) is 0 Å². The average Bonchev–Trinajstić information content (AvgIpc) is 3.05. The molecule has 0 unspecified atom stereocenters. The fourth-order valence-corrected chi connectivity index (χ4v) is 2.63. The topological polar surface area (TPSA) is 89.3 Å². The number of carbonyl (C=O) groups excluding carboxylic acids is 1. The van der Waals surface area contributed by atoms with Crippen LogP contribution in [-0.4, -0.2) is 55.3 Å². The highest BCUT2D eigenvalue weighted by Gasteiger charge is 2.15. The minimum absolute atomic E-state index is 0.00166. The summed E-state index contributed by atoms with van der Waals surface area (Å²) < 4.78 is 0. The van der Waals surface area contributed by atoms with Crippen LogP contribution in [-0.2, 0) is 6.42 Å². The second-order valence-electron chi connectivity index (χ2n) is 6.57. The maximum atomic E-state index is 12.1. The van der Waals surface area contributed by atoms with Gasteiger partial charge >= 0.3 is 6.03 Å². The van der Waals surface area contributed by atoms with Gasteiger partial charge in [-0.2, -0.15) is 10.2 Å². The maximum Gasteiger partial charge on any atom is 0.315 e. The van der Waals surface area contributed by atoms with E-state index in [-0.39, 0.29) is 23.9 Å². The zero-order valence-corrected chi connectivity index (χ0v) is 15.1. The van der Waals surface area contributed by atoms with Crippen LogP contribution in [0, 0.1) is 0 Å². The van der Waals surface area contributed by atoms with Crippen molar-refractivity contribution < 1.29 is 9.90 Å². The summed E-state index contributed by atoms with van der Waals surface area (Å²) in [7, 11) is 3.98. The smallest absolute Gasteiger partial charge is 0.315 e. The SMILES string of the molecule is C[C@@H](CC1=CCN=N1)NC(=O)NC[C@H](Cc1ccc(O)cc1)N(C)C. The predicted molar refractivity (Wildman–Crippen MR) is 97.7 cm³/mol. The molecule has 7 heteroatoms. The normalized spacial score (nSPS) is 15.8. The van der Waals surface area contributed by atoms with E-state index in [1.807, 2.05) is 39.2 Å². The third-order valence-electron chi connectivity index (χ3n) is 4.14. The molecule has 7 nitrogen and oxygen atoms in total. The first-order chi connectivity index (χ1) is 11.9. The first-order valence-electron chi connectivity index (χ1n) is 8.49. The third-order valence-corrected chi connectivity index (χ3v) is 4.14. The summed E-state index contributed by atoms with van der Waals surface area (Å²) in [6.07, 6.45) is 3.44. The summed E-state index contributed by atoms with van der Waals surface area (Å²) in [6.45, 7) is 3.12. The minimum Gasteiger partial charge on any atom is -0.508 e. The Morgan fingerprint density at radius 3 is 2.60 bits per heavy atom. The molecule has 0 aliphatic carbocycles. The number of phenolic OH excluding ortho intramolecular Hbond substituents is 1. The number of azo groups is 1. The van der Waals surface area contributed by atoms with Crippen LogP contribution < -0.4 is 10.6 Å². The highest BCUT2D eigenvalue weighted by molar-refractivity contribution is 5.74. The molecule has 0 bridgehead atoms. The Morgan fingerprint density at radius 2 is 2.00 bits per heavy atom. The van der Waals surface area contributed by atoms with E-state index in [0.29, 0.717) is 19.5 Å². The molecule has 2 atom stereocenters. The lowest BCUT2D eigenvalue weighted by molar-refractivity contribution is 0.229. The van der Waals surface area contributed by atoms with Gasteiger partial charge < -0.3 is 20.6 Å². The fraction of sp³-hybridized carbons (Fsp3) is 0.500. The second kappa shape index (κ2) is 9.17. The van der Waals surface area contributed by atoms with Gasteiger partial charge in [0.25, 0.3) is 0 Å². The average molecular weight is 345 g/mol. The lowest BCUT2D eigenvalue weighted by Gasteiger charge is -2.25. The molecule has 1 heterocycles. The fourth-order valence-electron chi connectivity index (χ4n) is 2.63. The van der Waals surface area contributed by atoms with Crippen molar-refractivity contribution >= 4 is 6.03 Å². The van der Waals surface area contributed by atoms with Gasteiger partial charge in [-0.15, -0.1) is 0 Å². The van der Waals surface area contributed by atoms with Crippen molar-refractivity contribution in [1.29, 1.82) is 0 Å². The van der Waals surface area contributed by atoms with Crippen LogP contribution >= 0.6 is 0 Å². The summed E-state index contributed by atoms with van der Waals surface area (Å²) in [6, 6.07) is 7.14. The Kier molecular flexibility index (Phi) is 6.94. The molecule has 0 radical (unpaired) electrons. The summed E-state index contributed by atoms with van der Waals surface area (Å²) in [5.41, 5.74) is 2.04. The van der Waals surface area contributed by atoms with Gasteiger partial charge in [0.1, 0.15) is 5.75 Å². The van der Waals surface area contributed by atoms with Gasteiger partial charge in [0.05, 0.1) is 12.2 Å². The van der Waals surface area contributed by atoms with E-state index in [4.69, 9.17) is 0 Å². The first-order valence-corrected chi connectivity index (χ1v) is 8.49. The number of aromatic hydroxyl groups is 1. The molecule has 2 rings (SSSR count). The molecule has 0 spiro atoms. The van der Waals surface area contributed by atoms with Crippen LogP contribution in [0.4, 0.5) is 4.79 Å². The molecule has 25 heavy (non-hydrogen) atoms. The van der Waals surface area contributed by atoms with Gasteiger partial charge in [-0.05, 0) is 51.2 Å². The lowest BCUT2D eigenvalue weighted by Crippen LogP contribution is -2.47. The second-order valence-corrected chi connectivity index (χ2v) is 6.57. The largest absolute Gasteiger partial charge is 0.508 e. The van der Waals surface area contributed by atoms with Gasteiger partial charge in [-0.25, -0.2) is 4.79 Å². The Hall–Kier alpha value is -2.41. The third kappa shape index (κ3) is 6.54. The predicted octanol–water partition coefficient (Wildman–Crippen LogP) is 2.29. The molecular formula is C18H27N5O2. The molecule has 1 aromatic carbocycles. The molecule has 1 aliphatic heterocycles. The van der Waals surface area contributed by atoms with Crippen LogP contribution in [0.15, 0.2) is 46.3 Å². The van der Waals surface area contributed by atoms with E-state index < -0.39 is 0 Å². The number of likely N-dealkylation sites (N-methyl/N-ethyl adjacent to an activating group) is 1. The highest BCUT2D eigenvalue weighted by atomic mass is 16.3. The Morgan fingerprint density at radius 1 is 1.28 bits per heavy atom. The van der Waals surface area contributed by atoms with E-state index in [2.05, 4.69) is 25.8 Å². The highest BCUT2D eigenvalue weighted by Crippen LogP contribution is 2.13. The summed E-state index contributed by atoms with van der Waals surface area (Å²) >= 11 is 0.